The second-order valence-corrected chi connectivity index (χ2v) is 4.85. The third kappa shape index (κ3) is 3.15. The predicted octanol–water partition coefficient (Wildman–Crippen LogP) is 2.41. The van der Waals surface area contributed by atoms with Gasteiger partial charge in [0.1, 0.15) is 5.82 Å². The molecule has 2 N–H and O–H groups in total. The van der Waals surface area contributed by atoms with Crippen molar-refractivity contribution < 1.29 is 5.11 Å². The lowest BCUT2D eigenvalue weighted by molar-refractivity contribution is 0.270. The van der Waals surface area contributed by atoms with Gasteiger partial charge in [0.05, 0.1) is 18.8 Å². The van der Waals surface area contributed by atoms with Crippen molar-refractivity contribution in [3.63, 3.8) is 0 Å². The summed E-state index contributed by atoms with van der Waals surface area (Å²) < 4.78 is 1.83. The van der Waals surface area contributed by atoms with Gasteiger partial charge in [0.15, 0.2) is 0 Å². The van der Waals surface area contributed by atoms with Crippen molar-refractivity contribution in [2.75, 3.05) is 11.9 Å². The van der Waals surface area contributed by atoms with Gasteiger partial charge in [-0.15, -0.1) is 0 Å². The lowest BCUT2D eigenvalue weighted by Crippen LogP contribution is -2.11. The molecule has 0 unspecified atom stereocenters. The number of anilines is 1. The second kappa shape index (κ2) is 5.89. The fourth-order valence-corrected chi connectivity index (χ4v) is 2.16. The van der Waals surface area contributed by atoms with E-state index in [1.807, 2.05) is 11.6 Å². The highest BCUT2D eigenvalue weighted by Gasteiger charge is 2.10. The summed E-state index contributed by atoms with van der Waals surface area (Å²) in [7, 11) is 0. The van der Waals surface area contributed by atoms with E-state index in [9.17, 15) is 0 Å². The topological polar surface area (TPSA) is 50.1 Å². The lowest BCUT2D eigenvalue weighted by Gasteiger charge is -2.10. The summed E-state index contributed by atoms with van der Waals surface area (Å²) in [5, 5.41) is 16.9. The Morgan fingerprint density at radius 1 is 1.26 bits per heavy atom. The molecular weight excluding hydrogens is 238 g/mol. The fourth-order valence-electron chi connectivity index (χ4n) is 2.16. The number of aryl methyl sites for hydroxylation is 2. The van der Waals surface area contributed by atoms with Crippen LogP contribution in [0.2, 0.25) is 0 Å². The summed E-state index contributed by atoms with van der Waals surface area (Å²) in [5.74, 6) is 0.994. The molecule has 0 radical (unpaired) electrons. The Balaban J connectivity index is 2.14. The number of nitrogens with zero attached hydrogens (tertiary/aromatic N) is 2. The third-order valence-electron chi connectivity index (χ3n) is 3.28. The molecule has 19 heavy (non-hydrogen) atoms. The molecule has 0 saturated carbocycles. The van der Waals surface area contributed by atoms with E-state index in [0.717, 1.165) is 23.6 Å². The Morgan fingerprint density at radius 2 is 2.05 bits per heavy atom. The van der Waals surface area contributed by atoms with Gasteiger partial charge >= 0.3 is 0 Å². The van der Waals surface area contributed by atoms with Crippen LogP contribution >= 0.6 is 0 Å². The molecule has 4 nitrogen and oxygen atoms in total. The van der Waals surface area contributed by atoms with Crippen molar-refractivity contribution in [1.29, 1.82) is 0 Å². The number of nitrogens with one attached hydrogen (secondary N) is 1. The Labute approximate surface area is 114 Å². The van der Waals surface area contributed by atoms with Crippen LogP contribution in [0.15, 0.2) is 24.3 Å². The van der Waals surface area contributed by atoms with Gasteiger partial charge in [-0.3, -0.25) is 0 Å². The molecule has 2 aromatic rings. The minimum Gasteiger partial charge on any atom is -0.394 e. The lowest BCUT2D eigenvalue weighted by atomic mass is 10.1. The molecule has 1 aromatic carbocycles. The Kier molecular flexibility index (Phi) is 4.22. The molecule has 2 rings (SSSR count). The molecular formula is C15H21N3O. The minimum atomic E-state index is 0.0969. The number of aliphatic hydroxyl groups is 1. The fraction of sp³-hybridized carbons (Fsp3) is 0.400. The van der Waals surface area contributed by atoms with Crippen molar-refractivity contribution in [2.24, 2.45) is 0 Å². The highest BCUT2D eigenvalue weighted by Crippen LogP contribution is 2.19. The Hall–Kier alpha value is -1.81. The molecule has 0 atom stereocenters. The average Bonchev–Trinajstić information content (AvgIpc) is 2.63. The van der Waals surface area contributed by atoms with Crippen LogP contribution in [0.5, 0.6) is 0 Å². The SMILES string of the molecule is Cc1cccc(CNc2c(C)c(C)nn2CCO)c1. The van der Waals surface area contributed by atoms with E-state index in [1.165, 1.54) is 11.1 Å². The number of benzene rings is 1. The first-order valence-corrected chi connectivity index (χ1v) is 6.56. The Morgan fingerprint density at radius 3 is 2.74 bits per heavy atom. The zero-order valence-electron chi connectivity index (χ0n) is 11.8. The van der Waals surface area contributed by atoms with Gasteiger partial charge in [-0.1, -0.05) is 29.8 Å². The van der Waals surface area contributed by atoms with Gasteiger partial charge in [-0.25, -0.2) is 4.68 Å². The molecule has 0 bridgehead atoms. The van der Waals surface area contributed by atoms with Crippen LogP contribution in [0.25, 0.3) is 0 Å². The van der Waals surface area contributed by atoms with Crippen LogP contribution in [0, 0.1) is 20.8 Å². The highest BCUT2D eigenvalue weighted by atomic mass is 16.3. The second-order valence-electron chi connectivity index (χ2n) is 4.85. The Bertz CT molecular complexity index is 561. The van der Waals surface area contributed by atoms with Gasteiger partial charge in [0.2, 0.25) is 0 Å². The molecule has 4 heteroatoms. The number of hydrogen-bond acceptors (Lipinski definition) is 3. The number of aliphatic hydroxyl groups excluding tert-OH is 1. The van der Waals surface area contributed by atoms with Crippen LogP contribution < -0.4 is 5.32 Å². The number of hydrogen-bond donors (Lipinski definition) is 2. The van der Waals surface area contributed by atoms with Crippen molar-refractivity contribution in [3.05, 3.63) is 46.6 Å². The smallest absolute Gasteiger partial charge is 0.127 e. The van der Waals surface area contributed by atoms with E-state index >= 15 is 0 Å². The average molecular weight is 259 g/mol. The van der Waals surface area contributed by atoms with Gasteiger partial charge in [-0.2, -0.15) is 5.10 Å². The maximum Gasteiger partial charge on any atom is 0.127 e. The van der Waals surface area contributed by atoms with Crippen molar-refractivity contribution in [3.8, 4) is 0 Å². The zero-order chi connectivity index (χ0) is 13.8. The van der Waals surface area contributed by atoms with E-state index in [2.05, 4.69) is 48.5 Å². The van der Waals surface area contributed by atoms with Crippen LogP contribution in [0.1, 0.15) is 22.4 Å². The van der Waals surface area contributed by atoms with E-state index in [4.69, 9.17) is 5.11 Å². The van der Waals surface area contributed by atoms with Gasteiger partial charge in [-0.05, 0) is 26.3 Å². The summed E-state index contributed by atoms with van der Waals surface area (Å²) in [5.41, 5.74) is 4.64. The van der Waals surface area contributed by atoms with E-state index in [0.29, 0.717) is 6.54 Å². The molecule has 0 fully saturated rings. The maximum absolute atomic E-state index is 9.08. The molecule has 0 aliphatic heterocycles. The molecule has 0 spiro atoms. The van der Waals surface area contributed by atoms with E-state index in [1.54, 1.807) is 0 Å². The molecule has 0 amide bonds. The van der Waals surface area contributed by atoms with Crippen LogP contribution in [-0.4, -0.2) is 21.5 Å². The molecule has 0 aliphatic carbocycles. The first-order valence-electron chi connectivity index (χ1n) is 6.56. The summed E-state index contributed by atoms with van der Waals surface area (Å²) in [4.78, 5) is 0. The van der Waals surface area contributed by atoms with E-state index in [-0.39, 0.29) is 6.61 Å². The summed E-state index contributed by atoms with van der Waals surface area (Å²) in [6, 6.07) is 8.43. The van der Waals surface area contributed by atoms with Gasteiger partial charge in [0.25, 0.3) is 0 Å². The van der Waals surface area contributed by atoms with Crippen molar-refractivity contribution in [1.82, 2.24) is 9.78 Å². The predicted molar refractivity (Wildman–Crippen MR) is 77.3 cm³/mol. The number of rotatable bonds is 5. The largest absolute Gasteiger partial charge is 0.394 e. The molecule has 0 saturated heterocycles. The monoisotopic (exact) mass is 259 g/mol. The van der Waals surface area contributed by atoms with Crippen LogP contribution in [0.4, 0.5) is 5.82 Å². The molecule has 1 heterocycles. The zero-order valence-corrected chi connectivity index (χ0v) is 11.8. The summed E-state index contributed by atoms with van der Waals surface area (Å²) in [6.07, 6.45) is 0. The standard InChI is InChI=1S/C15H21N3O/c1-11-5-4-6-14(9-11)10-16-15-12(2)13(3)17-18(15)7-8-19/h4-6,9,16,19H,7-8,10H2,1-3H3. The first kappa shape index (κ1) is 13.6. The van der Waals surface area contributed by atoms with Crippen molar-refractivity contribution >= 4 is 5.82 Å². The van der Waals surface area contributed by atoms with Gasteiger partial charge in [0, 0.05) is 12.1 Å². The van der Waals surface area contributed by atoms with Crippen molar-refractivity contribution in [2.45, 2.75) is 33.9 Å². The van der Waals surface area contributed by atoms with Gasteiger partial charge < -0.3 is 10.4 Å². The highest BCUT2D eigenvalue weighted by molar-refractivity contribution is 5.47. The molecule has 102 valence electrons. The quantitative estimate of drug-likeness (QED) is 0.867. The molecule has 0 aliphatic rings. The summed E-state index contributed by atoms with van der Waals surface area (Å²) >= 11 is 0. The van der Waals surface area contributed by atoms with E-state index < -0.39 is 0 Å². The minimum absolute atomic E-state index is 0.0969. The van der Waals surface area contributed by atoms with Crippen LogP contribution in [0.3, 0.4) is 0 Å². The number of aromatic nitrogens is 2. The third-order valence-corrected chi connectivity index (χ3v) is 3.28. The van der Waals surface area contributed by atoms with Crippen LogP contribution in [-0.2, 0) is 13.1 Å². The normalized spacial score (nSPS) is 10.7. The summed E-state index contributed by atoms with van der Waals surface area (Å²) in [6.45, 7) is 7.51. The maximum atomic E-state index is 9.08. The molecule has 1 aromatic heterocycles. The first-order chi connectivity index (χ1) is 9.11.